The zero-order chi connectivity index (χ0) is 13.1. The third-order valence-electron chi connectivity index (χ3n) is 2.77. The predicted molar refractivity (Wildman–Crippen MR) is 73.1 cm³/mol. The highest BCUT2D eigenvalue weighted by Gasteiger charge is 2.14. The predicted octanol–water partition coefficient (Wildman–Crippen LogP) is 3.64. The maximum Gasteiger partial charge on any atom is 0.128 e. The lowest BCUT2D eigenvalue weighted by Crippen LogP contribution is -2.13. The number of rotatable bonds is 3. The van der Waals surface area contributed by atoms with Crippen molar-refractivity contribution in [2.45, 2.75) is 6.04 Å². The molecule has 1 atom stereocenters. The number of benzene rings is 2. The molecule has 2 rings (SSSR count). The molecule has 0 aliphatic heterocycles. The average Bonchev–Trinajstić information content (AvgIpc) is 2.41. The summed E-state index contributed by atoms with van der Waals surface area (Å²) in [6, 6.07) is 11.6. The Morgan fingerprint density at radius 1 is 1.17 bits per heavy atom. The Kier molecular flexibility index (Phi) is 3.99. The SMILES string of the molecule is COc1ccc(C(N)c2cc(Br)ccc2F)cc1. The molecule has 2 aromatic carbocycles. The van der Waals surface area contributed by atoms with Crippen LogP contribution in [0.1, 0.15) is 17.2 Å². The van der Waals surface area contributed by atoms with Crippen molar-refractivity contribution < 1.29 is 9.13 Å². The van der Waals surface area contributed by atoms with Crippen molar-refractivity contribution in [2.24, 2.45) is 5.73 Å². The second kappa shape index (κ2) is 5.50. The fraction of sp³-hybridized carbons (Fsp3) is 0.143. The summed E-state index contributed by atoms with van der Waals surface area (Å²) in [5.41, 5.74) is 7.38. The van der Waals surface area contributed by atoms with Gasteiger partial charge in [-0.2, -0.15) is 0 Å². The van der Waals surface area contributed by atoms with E-state index in [2.05, 4.69) is 15.9 Å². The van der Waals surface area contributed by atoms with E-state index in [-0.39, 0.29) is 5.82 Å². The van der Waals surface area contributed by atoms with Crippen molar-refractivity contribution in [1.82, 2.24) is 0 Å². The molecule has 0 heterocycles. The van der Waals surface area contributed by atoms with Gasteiger partial charge in [-0.15, -0.1) is 0 Å². The van der Waals surface area contributed by atoms with Crippen molar-refractivity contribution in [1.29, 1.82) is 0 Å². The first-order chi connectivity index (χ1) is 8.61. The Labute approximate surface area is 114 Å². The molecule has 2 N–H and O–H groups in total. The minimum Gasteiger partial charge on any atom is -0.497 e. The molecule has 0 saturated carbocycles. The van der Waals surface area contributed by atoms with E-state index < -0.39 is 6.04 Å². The Hall–Kier alpha value is -1.39. The van der Waals surface area contributed by atoms with Gasteiger partial charge in [0.2, 0.25) is 0 Å². The van der Waals surface area contributed by atoms with Crippen LogP contribution in [-0.4, -0.2) is 7.11 Å². The van der Waals surface area contributed by atoms with Crippen LogP contribution in [0.15, 0.2) is 46.9 Å². The highest BCUT2D eigenvalue weighted by Crippen LogP contribution is 2.26. The zero-order valence-electron chi connectivity index (χ0n) is 9.86. The fourth-order valence-corrected chi connectivity index (χ4v) is 2.12. The van der Waals surface area contributed by atoms with E-state index in [1.807, 2.05) is 24.3 Å². The van der Waals surface area contributed by atoms with E-state index in [0.717, 1.165) is 15.8 Å². The van der Waals surface area contributed by atoms with Gasteiger partial charge in [-0.05, 0) is 35.9 Å². The maximum absolute atomic E-state index is 13.7. The van der Waals surface area contributed by atoms with Gasteiger partial charge in [0.05, 0.1) is 13.2 Å². The average molecular weight is 310 g/mol. The van der Waals surface area contributed by atoms with Gasteiger partial charge in [0.25, 0.3) is 0 Å². The maximum atomic E-state index is 13.7. The minimum absolute atomic E-state index is 0.304. The number of nitrogens with two attached hydrogens (primary N) is 1. The summed E-state index contributed by atoms with van der Waals surface area (Å²) in [6.45, 7) is 0. The molecule has 0 spiro atoms. The van der Waals surface area contributed by atoms with Crippen LogP contribution in [0.2, 0.25) is 0 Å². The quantitative estimate of drug-likeness (QED) is 0.939. The molecule has 0 aromatic heterocycles. The van der Waals surface area contributed by atoms with Crippen LogP contribution >= 0.6 is 15.9 Å². The second-order valence-electron chi connectivity index (χ2n) is 3.92. The van der Waals surface area contributed by atoms with Crippen LogP contribution in [0.4, 0.5) is 4.39 Å². The highest BCUT2D eigenvalue weighted by molar-refractivity contribution is 9.10. The van der Waals surface area contributed by atoms with E-state index in [1.165, 1.54) is 6.07 Å². The van der Waals surface area contributed by atoms with E-state index in [0.29, 0.717) is 5.56 Å². The highest BCUT2D eigenvalue weighted by atomic mass is 79.9. The molecule has 1 unspecified atom stereocenters. The van der Waals surface area contributed by atoms with Crippen LogP contribution in [-0.2, 0) is 0 Å². The second-order valence-corrected chi connectivity index (χ2v) is 4.83. The Morgan fingerprint density at radius 3 is 2.44 bits per heavy atom. The molecule has 0 bridgehead atoms. The first-order valence-electron chi connectivity index (χ1n) is 5.46. The topological polar surface area (TPSA) is 35.2 Å². The van der Waals surface area contributed by atoms with Crippen molar-refractivity contribution in [3.8, 4) is 5.75 Å². The van der Waals surface area contributed by atoms with Crippen molar-refractivity contribution in [3.63, 3.8) is 0 Å². The Balaban J connectivity index is 2.34. The lowest BCUT2D eigenvalue weighted by atomic mass is 9.99. The van der Waals surface area contributed by atoms with E-state index >= 15 is 0 Å². The number of halogens is 2. The summed E-state index contributed by atoms with van der Waals surface area (Å²) < 4.78 is 19.6. The van der Waals surface area contributed by atoms with Crippen LogP contribution in [0, 0.1) is 5.82 Å². The lowest BCUT2D eigenvalue weighted by molar-refractivity contribution is 0.414. The molecule has 0 amide bonds. The van der Waals surface area contributed by atoms with Crippen LogP contribution in [0.25, 0.3) is 0 Å². The van der Waals surface area contributed by atoms with E-state index in [4.69, 9.17) is 10.5 Å². The van der Waals surface area contributed by atoms with Crippen molar-refractivity contribution in [2.75, 3.05) is 7.11 Å². The normalized spacial score (nSPS) is 12.2. The molecular weight excluding hydrogens is 297 g/mol. The number of hydrogen-bond acceptors (Lipinski definition) is 2. The van der Waals surface area contributed by atoms with Crippen LogP contribution in [0.5, 0.6) is 5.75 Å². The third kappa shape index (κ3) is 2.71. The van der Waals surface area contributed by atoms with Crippen LogP contribution < -0.4 is 10.5 Å². The smallest absolute Gasteiger partial charge is 0.128 e. The van der Waals surface area contributed by atoms with E-state index in [1.54, 1.807) is 19.2 Å². The van der Waals surface area contributed by atoms with Gasteiger partial charge in [-0.25, -0.2) is 4.39 Å². The molecular formula is C14H13BrFNO. The monoisotopic (exact) mass is 309 g/mol. The van der Waals surface area contributed by atoms with Crippen LogP contribution in [0.3, 0.4) is 0 Å². The van der Waals surface area contributed by atoms with Gasteiger partial charge in [0.15, 0.2) is 0 Å². The van der Waals surface area contributed by atoms with Gasteiger partial charge in [-0.3, -0.25) is 0 Å². The largest absolute Gasteiger partial charge is 0.497 e. The number of hydrogen-bond donors (Lipinski definition) is 1. The minimum atomic E-state index is -0.492. The van der Waals surface area contributed by atoms with Gasteiger partial charge in [-0.1, -0.05) is 28.1 Å². The van der Waals surface area contributed by atoms with E-state index in [9.17, 15) is 4.39 Å². The third-order valence-corrected chi connectivity index (χ3v) is 3.26. The van der Waals surface area contributed by atoms with Gasteiger partial charge in [0.1, 0.15) is 11.6 Å². The molecule has 94 valence electrons. The molecule has 4 heteroatoms. The fourth-order valence-electron chi connectivity index (χ4n) is 1.74. The summed E-state index contributed by atoms with van der Waals surface area (Å²) in [7, 11) is 1.60. The molecule has 2 nitrogen and oxygen atoms in total. The zero-order valence-corrected chi connectivity index (χ0v) is 11.4. The summed E-state index contributed by atoms with van der Waals surface area (Å²) in [5.74, 6) is 0.446. The Bertz CT molecular complexity index is 542. The molecule has 0 fully saturated rings. The van der Waals surface area contributed by atoms with Crippen molar-refractivity contribution >= 4 is 15.9 Å². The van der Waals surface area contributed by atoms with Gasteiger partial charge in [0, 0.05) is 10.0 Å². The Morgan fingerprint density at radius 2 is 1.83 bits per heavy atom. The van der Waals surface area contributed by atoms with Gasteiger partial charge < -0.3 is 10.5 Å². The first kappa shape index (κ1) is 13.1. The molecule has 0 saturated heterocycles. The molecule has 2 aromatic rings. The standard InChI is InChI=1S/C14H13BrFNO/c1-18-11-5-2-9(3-6-11)14(17)12-8-10(15)4-7-13(12)16/h2-8,14H,17H2,1H3. The summed E-state index contributed by atoms with van der Waals surface area (Å²) in [4.78, 5) is 0. The summed E-state index contributed by atoms with van der Waals surface area (Å²) >= 11 is 3.32. The molecule has 0 aliphatic carbocycles. The molecule has 0 aliphatic rings. The molecule has 0 radical (unpaired) electrons. The summed E-state index contributed by atoms with van der Waals surface area (Å²) in [6.07, 6.45) is 0. The summed E-state index contributed by atoms with van der Waals surface area (Å²) in [5, 5.41) is 0. The number of methoxy groups -OCH3 is 1. The lowest BCUT2D eigenvalue weighted by Gasteiger charge is -2.14. The number of ether oxygens (including phenoxy) is 1. The van der Waals surface area contributed by atoms with Crippen molar-refractivity contribution in [3.05, 3.63) is 63.9 Å². The first-order valence-corrected chi connectivity index (χ1v) is 6.25. The van der Waals surface area contributed by atoms with Gasteiger partial charge >= 0.3 is 0 Å². The molecule has 18 heavy (non-hydrogen) atoms.